The van der Waals surface area contributed by atoms with Crippen LogP contribution in [0.5, 0.6) is 11.5 Å². The van der Waals surface area contributed by atoms with Crippen molar-refractivity contribution in [2.75, 3.05) is 6.61 Å². The summed E-state index contributed by atoms with van der Waals surface area (Å²) in [6, 6.07) is 5.99. The number of aliphatic imine (C=N–C) groups is 1. The van der Waals surface area contributed by atoms with Crippen molar-refractivity contribution in [2.24, 2.45) is 4.99 Å². The zero-order valence-electron chi connectivity index (χ0n) is 10.8. The van der Waals surface area contributed by atoms with E-state index in [9.17, 15) is 5.11 Å². The molecule has 0 amide bonds. The first-order chi connectivity index (χ1) is 8.61. The molecule has 2 rings (SSSR count). The van der Waals surface area contributed by atoms with Gasteiger partial charge in [-0.2, -0.15) is 0 Å². The average molecular weight is 263 g/mol. The van der Waals surface area contributed by atoms with Crippen molar-refractivity contribution in [3.05, 3.63) is 23.1 Å². The number of hydrogen-bond donors (Lipinski definition) is 1. The quantitative estimate of drug-likeness (QED) is 0.852. The van der Waals surface area contributed by atoms with Gasteiger partial charge < -0.3 is 9.84 Å². The Bertz CT molecular complexity index is 572. The van der Waals surface area contributed by atoms with Gasteiger partial charge in [0, 0.05) is 22.3 Å². The fourth-order valence-electron chi connectivity index (χ4n) is 1.64. The largest absolute Gasteiger partial charge is 0.506 e. The standard InChI is InChI=1S/C14H17NO2S/c1-4-17-10-5-6-12-11(7-10)14(16)13(18-12)8-15-9(2)3/h5-9,16H,4H2,1-3H3. The number of benzene rings is 1. The molecule has 0 saturated heterocycles. The van der Waals surface area contributed by atoms with E-state index in [1.165, 1.54) is 11.3 Å². The molecule has 1 aromatic heterocycles. The van der Waals surface area contributed by atoms with Crippen LogP contribution in [0.2, 0.25) is 0 Å². The highest BCUT2D eigenvalue weighted by Gasteiger charge is 2.10. The smallest absolute Gasteiger partial charge is 0.143 e. The molecular formula is C14H17NO2S. The van der Waals surface area contributed by atoms with Gasteiger partial charge in [-0.3, -0.25) is 4.99 Å². The topological polar surface area (TPSA) is 41.8 Å². The lowest BCUT2D eigenvalue weighted by Gasteiger charge is -2.01. The van der Waals surface area contributed by atoms with E-state index in [2.05, 4.69) is 4.99 Å². The molecule has 0 fully saturated rings. The summed E-state index contributed by atoms with van der Waals surface area (Å²) < 4.78 is 6.48. The number of hydrogen-bond acceptors (Lipinski definition) is 4. The van der Waals surface area contributed by atoms with E-state index in [4.69, 9.17) is 4.74 Å². The minimum absolute atomic E-state index is 0.230. The molecular weight excluding hydrogens is 246 g/mol. The molecule has 3 nitrogen and oxygen atoms in total. The first kappa shape index (κ1) is 12.9. The van der Waals surface area contributed by atoms with E-state index >= 15 is 0 Å². The first-order valence-electron chi connectivity index (χ1n) is 6.03. The molecule has 0 aliphatic rings. The predicted molar refractivity (Wildman–Crippen MR) is 77.4 cm³/mol. The highest BCUT2D eigenvalue weighted by atomic mass is 32.1. The van der Waals surface area contributed by atoms with Crippen LogP contribution in [0.3, 0.4) is 0 Å². The van der Waals surface area contributed by atoms with Gasteiger partial charge in [-0.05, 0) is 39.0 Å². The zero-order chi connectivity index (χ0) is 13.1. The van der Waals surface area contributed by atoms with Gasteiger partial charge in [-0.25, -0.2) is 0 Å². The Morgan fingerprint density at radius 3 is 2.89 bits per heavy atom. The number of rotatable bonds is 4. The van der Waals surface area contributed by atoms with E-state index in [0.29, 0.717) is 12.4 Å². The lowest BCUT2D eigenvalue weighted by Crippen LogP contribution is -1.90. The van der Waals surface area contributed by atoms with Gasteiger partial charge in [0.25, 0.3) is 0 Å². The van der Waals surface area contributed by atoms with Gasteiger partial charge >= 0.3 is 0 Å². The van der Waals surface area contributed by atoms with Crippen LogP contribution >= 0.6 is 11.3 Å². The number of fused-ring (bicyclic) bond motifs is 1. The van der Waals surface area contributed by atoms with E-state index in [1.54, 1.807) is 6.21 Å². The molecule has 2 aromatic rings. The Morgan fingerprint density at radius 2 is 2.22 bits per heavy atom. The van der Waals surface area contributed by atoms with Crippen molar-refractivity contribution in [1.29, 1.82) is 0 Å². The maximum absolute atomic E-state index is 10.2. The summed E-state index contributed by atoms with van der Waals surface area (Å²) in [5, 5.41) is 11.0. The highest BCUT2D eigenvalue weighted by Crippen LogP contribution is 2.37. The van der Waals surface area contributed by atoms with Crippen molar-refractivity contribution >= 4 is 27.6 Å². The lowest BCUT2D eigenvalue weighted by atomic mass is 10.2. The van der Waals surface area contributed by atoms with Gasteiger partial charge in [0.05, 0.1) is 11.5 Å². The zero-order valence-corrected chi connectivity index (χ0v) is 11.6. The molecule has 1 N–H and O–H groups in total. The van der Waals surface area contributed by atoms with Crippen molar-refractivity contribution in [2.45, 2.75) is 26.8 Å². The SMILES string of the molecule is CCOc1ccc2sc(C=NC(C)C)c(O)c2c1. The van der Waals surface area contributed by atoms with Crippen molar-refractivity contribution < 1.29 is 9.84 Å². The van der Waals surface area contributed by atoms with Gasteiger partial charge in [0.1, 0.15) is 11.5 Å². The number of nitrogens with zero attached hydrogens (tertiary/aromatic N) is 1. The molecule has 96 valence electrons. The van der Waals surface area contributed by atoms with Crippen LogP contribution in [0, 0.1) is 0 Å². The minimum Gasteiger partial charge on any atom is -0.506 e. The lowest BCUT2D eigenvalue weighted by molar-refractivity contribution is 0.340. The molecule has 0 bridgehead atoms. The van der Waals surface area contributed by atoms with E-state index < -0.39 is 0 Å². The van der Waals surface area contributed by atoms with E-state index in [1.807, 2.05) is 39.0 Å². The highest BCUT2D eigenvalue weighted by molar-refractivity contribution is 7.21. The Labute approximate surface area is 111 Å². The molecule has 1 heterocycles. The summed E-state index contributed by atoms with van der Waals surface area (Å²) in [5.74, 6) is 1.08. The van der Waals surface area contributed by atoms with Gasteiger partial charge in [-0.1, -0.05) is 0 Å². The fraction of sp³-hybridized carbons (Fsp3) is 0.357. The summed E-state index contributed by atoms with van der Waals surface area (Å²) in [6.07, 6.45) is 1.74. The van der Waals surface area contributed by atoms with Crippen molar-refractivity contribution in [3.63, 3.8) is 0 Å². The third-order valence-electron chi connectivity index (χ3n) is 2.46. The molecule has 0 radical (unpaired) electrons. The Morgan fingerprint density at radius 1 is 1.44 bits per heavy atom. The van der Waals surface area contributed by atoms with Crippen LogP contribution in [0.1, 0.15) is 25.6 Å². The Kier molecular flexibility index (Phi) is 3.87. The summed E-state index contributed by atoms with van der Waals surface area (Å²) in [6.45, 7) is 6.58. The molecule has 0 aliphatic carbocycles. The van der Waals surface area contributed by atoms with E-state index in [-0.39, 0.29) is 6.04 Å². The molecule has 18 heavy (non-hydrogen) atoms. The molecule has 0 saturated carbocycles. The van der Waals surface area contributed by atoms with Crippen LogP contribution in [0.25, 0.3) is 10.1 Å². The normalized spacial score (nSPS) is 11.8. The molecule has 1 aromatic carbocycles. The summed E-state index contributed by atoms with van der Waals surface area (Å²) in [5.41, 5.74) is 0. The Hall–Kier alpha value is -1.55. The second kappa shape index (κ2) is 5.40. The van der Waals surface area contributed by atoms with Crippen molar-refractivity contribution in [3.8, 4) is 11.5 Å². The molecule has 0 atom stereocenters. The second-order valence-corrected chi connectivity index (χ2v) is 5.36. The van der Waals surface area contributed by atoms with Gasteiger partial charge in [-0.15, -0.1) is 11.3 Å². The molecule has 0 unspecified atom stereocenters. The molecule has 0 spiro atoms. The number of aromatic hydroxyl groups is 1. The van der Waals surface area contributed by atoms with Crippen molar-refractivity contribution in [1.82, 2.24) is 0 Å². The van der Waals surface area contributed by atoms with Crippen LogP contribution < -0.4 is 4.74 Å². The number of thiophene rings is 1. The monoisotopic (exact) mass is 263 g/mol. The maximum Gasteiger partial charge on any atom is 0.143 e. The minimum atomic E-state index is 0.230. The van der Waals surface area contributed by atoms with Crippen LogP contribution in [0.4, 0.5) is 0 Å². The maximum atomic E-state index is 10.2. The third kappa shape index (κ3) is 2.64. The summed E-state index contributed by atoms with van der Waals surface area (Å²) in [4.78, 5) is 5.10. The third-order valence-corrected chi connectivity index (χ3v) is 3.55. The fourth-order valence-corrected chi connectivity index (χ4v) is 2.60. The van der Waals surface area contributed by atoms with Crippen LogP contribution in [-0.2, 0) is 0 Å². The average Bonchev–Trinajstić information content (AvgIpc) is 2.64. The summed E-state index contributed by atoms with van der Waals surface area (Å²) in [7, 11) is 0. The Balaban J connectivity index is 2.43. The van der Waals surface area contributed by atoms with Crippen LogP contribution in [-0.4, -0.2) is 24.0 Å². The van der Waals surface area contributed by atoms with E-state index in [0.717, 1.165) is 20.7 Å². The molecule has 0 aliphatic heterocycles. The predicted octanol–water partition coefficient (Wildman–Crippen LogP) is 3.83. The molecule has 4 heteroatoms. The second-order valence-electron chi connectivity index (χ2n) is 4.28. The first-order valence-corrected chi connectivity index (χ1v) is 6.85. The number of ether oxygens (including phenoxy) is 1. The van der Waals surface area contributed by atoms with Crippen LogP contribution in [0.15, 0.2) is 23.2 Å². The van der Waals surface area contributed by atoms with Gasteiger partial charge in [0.15, 0.2) is 0 Å². The summed E-state index contributed by atoms with van der Waals surface area (Å²) >= 11 is 1.54. The van der Waals surface area contributed by atoms with Gasteiger partial charge in [0.2, 0.25) is 0 Å².